The second-order valence-corrected chi connectivity index (χ2v) is 9.76. The fraction of sp³-hybridized carbons (Fsp3) is 0.200. The standard InChI is InChI=1S/C15H17ClP2/c1-17(2)14-8-4-12(5-9-14)13-6-10-15(11-7-13)18(3)16/h4-11H,1-3H3. The van der Waals surface area contributed by atoms with Crippen LogP contribution in [0.25, 0.3) is 11.1 Å². The van der Waals surface area contributed by atoms with Crippen molar-refractivity contribution in [3.05, 3.63) is 48.5 Å². The Bertz CT molecular complexity index is 452. The molecule has 2 rings (SSSR count). The fourth-order valence-corrected chi connectivity index (χ4v) is 3.45. The Hall–Kier alpha value is -0.410. The molecule has 1 atom stereocenters. The Morgan fingerprint density at radius 1 is 0.667 bits per heavy atom. The summed E-state index contributed by atoms with van der Waals surface area (Å²) in [6.45, 7) is 6.62. The summed E-state index contributed by atoms with van der Waals surface area (Å²) < 4.78 is 0. The van der Waals surface area contributed by atoms with Gasteiger partial charge in [-0.05, 0) is 41.7 Å². The number of benzene rings is 2. The lowest BCUT2D eigenvalue weighted by molar-refractivity contribution is 1.66. The molecule has 0 aliphatic carbocycles. The fourth-order valence-electron chi connectivity index (χ4n) is 1.81. The number of halogens is 1. The van der Waals surface area contributed by atoms with Crippen LogP contribution < -0.4 is 10.6 Å². The minimum atomic E-state index is -0.516. The number of hydrogen-bond donors (Lipinski definition) is 0. The number of rotatable bonds is 3. The van der Waals surface area contributed by atoms with Gasteiger partial charge in [0.2, 0.25) is 0 Å². The lowest BCUT2D eigenvalue weighted by Gasteiger charge is -2.08. The maximum absolute atomic E-state index is 6.12. The molecule has 18 heavy (non-hydrogen) atoms. The molecule has 0 nitrogen and oxygen atoms in total. The summed E-state index contributed by atoms with van der Waals surface area (Å²) in [5.41, 5.74) is 2.53. The van der Waals surface area contributed by atoms with Gasteiger partial charge in [-0.15, -0.1) is 0 Å². The second kappa shape index (κ2) is 6.16. The van der Waals surface area contributed by atoms with Gasteiger partial charge in [-0.3, -0.25) is 0 Å². The van der Waals surface area contributed by atoms with Gasteiger partial charge < -0.3 is 0 Å². The molecule has 0 aliphatic heterocycles. The molecule has 0 N–H and O–H groups in total. The minimum Gasteiger partial charge on any atom is -0.0915 e. The molecule has 0 heterocycles. The zero-order valence-corrected chi connectivity index (χ0v) is 13.4. The molecule has 0 aliphatic rings. The highest BCUT2D eigenvalue weighted by Gasteiger charge is 2.03. The molecule has 0 amide bonds. The molecule has 0 saturated heterocycles. The monoisotopic (exact) mass is 294 g/mol. The van der Waals surface area contributed by atoms with E-state index < -0.39 is 7.27 Å². The highest BCUT2D eigenvalue weighted by atomic mass is 35.7. The summed E-state index contributed by atoms with van der Waals surface area (Å²) in [5, 5.41) is 2.68. The van der Waals surface area contributed by atoms with E-state index in [4.69, 9.17) is 11.2 Å². The van der Waals surface area contributed by atoms with E-state index in [0.717, 1.165) is 0 Å². The summed E-state index contributed by atoms with van der Waals surface area (Å²) in [7, 11) is -0.521. The van der Waals surface area contributed by atoms with Gasteiger partial charge >= 0.3 is 0 Å². The summed E-state index contributed by atoms with van der Waals surface area (Å²) in [4.78, 5) is 0. The quantitative estimate of drug-likeness (QED) is 0.725. The molecule has 0 bridgehead atoms. The zero-order chi connectivity index (χ0) is 13.1. The van der Waals surface area contributed by atoms with Crippen LogP contribution in [-0.2, 0) is 0 Å². The Balaban J connectivity index is 2.25. The van der Waals surface area contributed by atoms with Gasteiger partial charge in [0.1, 0.15) is 0 Å². The van der Waals surface area contributed by atoms with Crippen LogP contribution in [0.5, 0.6) is 0 Å². The first-order valence-corrected chi connectivity index (χ1v) is 10.8. The van der Waals surface area contributed by atoms with Crippen LogP contribution in [0.15, 0.2) is 48.5 Å². The van der Waals surface area contributed by atoms with Gasteiger partial charge in [0.05, 0.1) is 0 Å². The van der Waals surface area contributed by atoms with E-state index in [-0.39, 0.29) is 7.92 Å². The van der Waals surface area contributed by atoms with Crippen molar-refractivity contribution >= 4 is 37.0 Å². The van der Waals surface area contributed by atoms with E-state index in [9.17, 15) is 0 Å². The van der Waals surface area contributed by atoms with Crippen molar-refractivity contribution in [2.45, 2.75) is 0 Å². The third kappa shape index (κ3) is 3.33. The lowest BCUT2D eigenvalue weighted by Crippen LogP contribution is -1.98. The molecule has 0 fully saturated rings. The zero-order valence-electron chi connectivity index (χ0n) is 10.9. The third-order valence-electron chi connectivity index (χ3n) is 2.94. The Morgan fingerprint density at radius 3 is 1.39 bits per heavy atom. The second-order valence-electron chi connectivity index (χ2n) is 4.47. The predicted octanol–water partition coefficient (Wildman–Crippen LogP) is 4.61. The van der Waals surface area contributed by atoms with Crippen molar-refractivity contribution in [2.24, 2.45) is 0 Å². The van der Waals surface area contributed by atoms with Crippen LogP contribution in [0.3, 0.4) is 0 Å². The molecule has 3 heteroatoms. The smallest absolute Gasteiger partial charge is 0.0180 e. The van der Waals surface area contributed by atoms with Crippen LogP contribution in [0.4, 0.5) is 0 Å². The van der Waals surface area contributed by atoms with Crippen molar-refractivity contribution in [3.63, 3.8) is 0 Å². The molecule has 0 aromatic heterocycles. The highest BCUT2D eigenvalue weighted by molar-refractivity contribution is 7.89. The van der Waals surface area contributed by atoms with Crippen LogP contribution in [-0.4, -0.2) is 20.0 Å². The van der Waals surface area contributed by atoms with Crippen molar-refractivity contribution in [1.82, 2.24) is 0 Å². The molecular formula is C15H17ClP2. The molecule has 0 radical (unpaired) electrons. The summed E-state index contributed by atoms with van der Waals surface area (Å²) in [6, 6.07) is 17.5. The third-order valence-corrected chi connectivity index (χ3v) is 5.87. The van der Waals surface area contributed by atoms with Crippen molar-refractivity contribution in [1.29, 1.82) is 0 Å². The minimum absolute atomic E-state index is 0.00550. The van der Waals surface area contributed by atoms with Gasteiger partial charge in [0.15, 0.2) is 0 Å². The van der Waals surface area contributed by atoms with E-state index in [2.05, 4.69) is 68.5 Å². The molecule has 2 aromatic carbocycles. The molecular weight excluding hydrogens is 278 g/mol. The maximum Gasteiger partial charge on any atom is 0.0180 e. The Kier molecular flexibility index (Phi) is 4.79. The maximum atomic E-state index is 6.12. The first-order chi connectivity index (χ1) is 8.58. The van der Waals surface area contributed by atoms with Gasteiger partial charge in [0, 0.05) is 7.27 Å². The normalized spacial score (nSPS) is 12.7. The van der Waals surface area contributed by atoms with E-state index in [0.29, 0.717) is 0 Å². The van der Waals surface area contributed by atoms with Crippen molar-refractivity contribution in [2.75, 3.05) is 20.0 Å². The summed E-state index contributed by atoms with van der Waals surface area (Å²) in [5.74, 6) is 0. The molecule has 0 spiro atoms. The molecule has 0 saturated carbocycles. The van der Waals surface area contributed by atoms with Crippen LogP contribution in [0, 0.1) is 0 Å². The molecule has 94 valence electrons. The Morgan fingerprint density at radius 2 is 1.06 bits per heavy atom. The van der Waals surface area contributed by atoms with Crippen LogP contribution in [0.1, 0.15) is 0 Å². The van der Waals surface area contributed by atoms with Gasteiger partial charge in [-0.2, -0.15) is 0 Å². The van der Waals surface area contributed by atoms with Crippen LogP contribution in [0.2, 0.25) is 0 Å². The largest absolute Gasteiger partial charge is 0.0915 e. The first kappa shape index (κ1) is 14.0. The predicted molar refractivity (Wildman–Crippen MR) is 88.6 cm³/mol. The van der Waals surface area contributed by atoms with E-state index in [1.54, 1.807) is 0 Å². The lowest BCUT2D eigenvalue weighted by atomic mass is 10.1. The van der Waals surface area contributed by atoms with Gasteiger partial charge in [-0.25, -0.2) is 0 Å². The van der Waals surface area contributed by atoms with Crippen molar-refractivity contribution < 1.29 is 0 Å². The van der Waals surface area contributed by atoms with Crippen molar-refractivity contribution in [3.8, 4) is 11.1 Å². The average Bonchev–Trinajstić information content (AvgIpc) is 2.39. The van der Waals surface area contributed by atoms with E-state index in [1.165, 1.54) is 21.7 Å². The molecule has 1 unspecified atom stereocenters. The van der Waals surface area contributed by atoms with E-state index >= 15 is 0 Å². The van der Waals surface area contributed by atoms with E-state index in [1.807, 2.05) is 0 Å². The first-order valence-electron chi connectivity index (χ1n) is 5.85. The van der Waals surface area contributed by atoms with Crippen LogP contribution >= 0.6 is 26.4 Å². The number of hydrogen-bond acceptors (Lipinski definition) is 0. The summed E-state index contributed by atoms with van der Waals surface area (Å²) in [6.07, 6.45) is 0. The van der Waals surface area contributed by atoms with Gasteiger partial charge in [-0.1, -0.05) is 67.7 Å². The Labute approximate surface area is 117 Å². The van der Waals surface area contributed by atoms with Gasteiger partial charge in [0.25, 0.3) is 0 Å². The average molecular weight is 295 g/mol. The molecule has 2 aromatic rings. The highest BCUT2D eigenvalue weighted by Crippen LogP contribution is 2.35. The SMILES string of the molecule is CP(C)c1ccc(-c2ccc(P(C)Cl)cc2)cc1. The summed E-state index contributed by atoms with van der Waals surface area (Å²) >= 11 is 6.12. The topological polar surface area (TPSA) is 0 Å².